The molecule has 0 bridgehead atoms. The van der Waals surface area contributed by atoms with Crippen LogP contribution in [0.2, 0.25) is 0 Å². The van der Waals surface area contributed by atoms with E-state index in [2.05, 4.69) is 30.5 Å². The SMILES string of the molecule is CC1(C)CCCC1NC(=O)c1cccc2c1CCCN2.Cl. The van der Waals surface area contributed by atoms with Gasteiger partial charge in [0.05, 0.1) is 0 Å². The quantitative estimate of drug-likeness (QED) is 0.873. The minimum Gasteiger partial charge on any atom is -0.385 e. The molecule has 1 saturated carbocycles. The van der Waals surface area contributed by atoms with Gasteiger partial charge in [-0.25, -0.2) is 0 Å². The fraction of sp³-hybridized carbons (Fsp3) is 0.588. The van der Waals surface area contributed by atoms with Gasteiger partial charge in [-0.1, -0.05) is 26.3 Å². The Morgan fingerprint density at radius 3 is 2.86 bits per heavy atom. The second kappa shape index (κ2) is 6.27. The van der Waals surface area contributed by atoms with Crippen LogP contribution in [0.15, 0.2) is 18.2 Å². The van der Waals surface area contributed by atoms with Crippen LogP contribution in [-0.2, 0) is 6.42 Å². The molecule has 2 N–H and O–H groups in total. The third-order valence-corrected chi connectivity index (χ3v) is 4.90. The smallest absolute Gasteiger partial charge is 0.251 e. The van der Waals surface area contributed by atoms with E-state index in [4.69, 9.17) is 0 Å². The van der Waals surface area contributed by atoms with Gasteiger partial charge in [0, 0.05) is 23.8 Å². The average molecular weight is 309 g/mol. The first-order valence-corrected chi connectivity index (χ1v) is 7.74. The van der Waals surface area contributed by atoms with E-state index in [1.165, 1.54) is 18.4 Å². The molecule has 3 nitrogen and oxygen atoms in total. The number of anilines is 1. The Bertz CT molecular complexity index is 528. The number of rotatable bonds is 2. The molecule has 1 aromatic rings. The average Bonchev–Trinajstić information content (AvgIpc) is 2.77. The summed E-state index contributed by atoms with van der Waals surface area (Å²) >= 11 is 0. The van der Waals surface area contributed by atoms with Crippen molar-refractivity contribution in [1.29, 1.82) is 0 Å². The summed E-state index contributed by atoms with van der Waals surface area (Å²) in [5.74, 6) is 0.102. The molecular formula is C17H25ClN2O. The van der Waals surface area contributed by atoms with Gasteiger partial charge in [0.2, 0.25) is 0 Å². The molecule has 1 amide bonds. The summed E-state index contributed by atoms with van der Waals surface area (Å²) in [6, 6.07) is 6.32. The van der Waals surface area contributed by atoms with Gasteiger partial charge in [-0.3, -0.25) is 4.79 Å². The molecule has 2 aliphatic rings. The van der Waals surface area contributed by atoms with E-state index < -0.39 is 0 Å². The lowest BCUT2D eigenvalue weighted by Crippen LogP contribution is -2.41. The van der Waals surface area contributed by atoms with Gasteiger partial charge in [-0.15, -0.1) is 12.4 Å². The molecule has 21 heavy (non-hydrogen) atoms. The van der Waals surface area contributed by atoms with Crippen molar-refractivity contribution in [3.8, 4) is 0 Å². The predicted octanol–water partition coefficient (Wildman–Crippen LogP) is 3.78. The van der Waals surface area contributed by atoms with Crippen molar-refractivity contribution in [3.05, 3.63) is 29.3 Å². The normalized spacial score (nSPS) is 22.7. The van der Waals surface area contributed by atoms with Crippen LogP contribution in [0, 0.1) is 5.41 Å². The summed E-state index contributed by atoms with van der Waals surface area (Å²) in [5.41, 5.74) is 3.40. The molecule has 0 spiro atoms. The number of carbonyl (C=O) groups is 1. The second-order valence-electron chi connectivity index (χ2n) is 6.77. The fourth-order valence-electron chi connectivity index (χ4n) is 3.55. The molecule has 0 aromatic heterocycles. The Morgan fingerprint density at radius 2 is 2.14 bits per heavy atom. The van der Waals surface area contributed by atoms with Gasteiger partial charge in [0.1, 0.15) is 0 Å². The van der Waals surface area contributed by atoms with Gasteiger partial charge >= 0.3 is 0 Å². The Kier molecular flexibility index (Phi) is 4.82. The van der Waals surface area contributed by atoms with Gasteiger partial charge in [-0.05, 0) is 48.8 Å². The number of benzene rings is 1. The summed E-state index contributed by atoms with van der Waals surface area (Å²) in [7, 11) is 0. The first-order valence-electron chi connectivity index (χ1n) is 7.74. The Hall–Kier alpha value is -1.22. The van der Waals surface area contributed by atoms with E-state index in [0.717, 1.165) is 37.1 Å². The minimum atomic E-state index is 0. The van der Waals surface area contributed by atoms with Crippen LogP contribution in [-0.4, -0.2) is 18.5 Å². The van der Waals surface area contributed by atoms with Crippen molar-refractivity contribution in [3.63, 3.8) is 0 Å². The van der Waals surface area contributed by atoms with E-state index in [1.807, 2.05) is 12.1 Å². The lowest BCUT2D eigenvalue weighted by Gasteiger charge is -2.28. The zero-order chi connectivity index (χ0) is 14.2. The van der Waals surface area contributed by atoms with Gasteiger partial charge in [0.25, 0.3) is 5.91 Å². The highest BCUT2D eigenvalue weighted by Crippen LogP contribution is 2.37. The molecule has 1 aliphatic heterocycles. The number of fused-ring (bicyclic) bond motifs is 1. The summed E-state index contributed by atoms with van der Waals surface area (Å²) < 4.78 is 0. The maximum atomic E-state index is 12.6. The number of amides is 1. The van der Waals surface area contributed by atoms with E-state index in [-0.39, 0.29) is 23.7 Å². The third-order valence-electron chi connectivity index (χ3n) is 4.90. The van der Waals surface area contributed by atoms with Crippen molar-refractivity contribution in [2.75, 3.05) is 11.9 Å². The summed E-state index contributed by atoms with van der Waals surface area (Å²) in [5, 5.41) is 6.66. The summed E-state index contributed by atoms with van der Waals surface area (Å²) in [6.07, 6.45) is 5.62. The van der Waals surface area contributed by atoms with E-state index in [1.54, 1.807) is 0 Å². The molecule has 0 radical (unpaired) electrons. The highest BCUT2D eigenvalue weighted by Gasteiger charge is 2.35. The molecule has 1 atom stereocenters. The molecule has 3 rings (SSSR count). The first kappa shape index (κ1) is 16.2. The lowest BCUT2D eigenvalue weighted by molar-refractivity contribution is 0.0909. The summed E-state index contributed by atoms with van der Waals surface area (Å²) in [4.78, 5) is 12.6. The number of carbonyl (C=O) groups excluding carboxylic acids is 1. The number of nitrogens with one attached hydrogen (secondary N) is 2. The molecule has 4 heteroatoms. The van der Waals surface area contributed by atoms with Gasteiger partial charge < -0.3 is 10.6 Å². The predicted molar refractivity (Wildman–Crippen MR) is 89.4 cm³/mol. The maximum absolute atomic E-state index is 12.6. The molecule has 0 saturated heterocycles. The van der Waals surface area contributed by atoms with Gasteiger partial charge in [-0.2, -0.15) is 0 Å². The van der Waals surface area contributed by atoms with E-state index in [9.17, 15) is 4.79 Å². The third kappa shape index (κ3) is 3.18. The van der Waals surface area contributed by atoms with Crippen LogP contribution in [0.4, 0.5) is 5.69 Å². The molecule has 116 valence electrons. The summed E-state index contributed by atoms with van der Waals surface area (Å²) in [6.45, 7) is 5.52. The zero-order valence-corrected chi connectivity index (χ0v) is 13.7. The number of hydrogen-bond donors (Lipinski definition) is 2. The van der Waals surface area contributed by atoms with Crippen LogP contribution in [0.25, 0.3) is 0 Å². The molecule has 1 heterocycles. The van der Waals surface area contributed by atoms with Crippen LogP contribution in [0.5, 0.6) is 0 Å². The Balaban J connectivity index is 0.00000161. The van der Waals surface area contributed by atoms with Crippen molar-refractivity contribution < 1.29 is 4.79 Å². The number of halogens is 1. The standard InChI is InChI=1S/C17H24N2O.ClH/c1-17(2)10-4-9-15(17)19-16(20)13-6-3-8-14-12(13)7-5-11-18-14;/h3,6,8,15,18H,4-5,7,9-11H2,1-2H3,(H,19,20);1H. The molecule has 1 aromatic carbocycles. The van der Waals surface area contributed by atoms with Crippen molar-refractivity contribution in [2.45, 2.75) is 52.0 Å². The molecule has 1 aliphatic carbocycles. The highest BCUT2D eigenvalue weighted by atomic mass is 35.5. The zero-order valence-electron chi connectivity index (χ0n) is 12.9. The minimum absolute atomic E-state index is 0. The number of hydrogen-bond acceptors (Lipinski definition) is 2. The van der Waals surface area contributed by atoms with E-state index >= 15 is 0 Å². The molecule has 1 fully saturated rings. The van der Waals surface area contributed by atoms with Gasteiger partial charge in [0.15, 0.2) is 0 Å². The van der Waals surface area contributed by atoms with Crippen molar-refractivity contribution in [2.24, 2.45) is 5.41 Å². The van der Waals surface area contributed by atoms with Crippen molar-refractivity contribution in [1.82, 2.24) is 5.32 Å². The van der Waals surface area contributed by atoms with Crippen LogP contribution < -0.4 is 10.6 Å². The Labute approximate surface area is 133 Å². The molecular weight excluding hydrogens is 284 g/mol. The fourth-order valence-corrected chi connectivity index (χ4v) is 3.55. The monoisotopic (exact) mass is 308 g/mol. The lowest BCUT2D eigenvalue weighted by atomic mass is 9.87. The maximum Gasteiger partial charge on any atom is 0.251 e. The van der Waals surface area contributed by atoms with E-state index in [0.29, 0.717) is 6.04 Å². The van der Waals surface area contributed by atoms with Crippen LogP contribution in [0.3, 0.4) is 0 Å². The van der Waals surface area contributed by atoms with Crippen molar-refractivity contribution >= 4 is 24.0 Å². The second-order valence-corrected chi connectivity index (χ2v) is 6.77. The molecule has 1 unspecified atom stereocenters. The topological polar surface area (TPSA) is 41.1 Å². The highest BCUT2D eigenvalue weighted by molar-refractivity contribution is 5.97. The Morgan fingerprint density at radius 1 is 1.33 bits per heavy atom. The van der Waals surface area contributed by atoms with Crippen LogP contribution in [0.1, 0.15) is 55.5 Å². The largest absolute Gasteiger partial charge is 0.385 e. The first-order chi connectivity index (χ1) is 9.58. The van der Waals surface area contributed by atoms with Crippen LogP contribution >= 0.6 is 12.4 Å².